The molecule has 0 saturated carbocycles. The highest BCUT2D eigenvalue weighted by Gasteiger charge is 2.27. The van der Waals surface area contributed by atoms with Crippen molar-refractivity contribution in [2.45, 2.75) is 11.4 Å². The Morgan fingerprint density at radius 3 is 2.40 bits per heavy atom. The van der Waals surface area contributed by atoms with Crippen molar-refractivity contribution in [1.29, 1.82) is 0 Å². The molecule has 0 aliphatic carbocycles. The van der Waals surface area contributed by atoms with E-state index in [9.17, 15) is 17.6 Å². The van der Waals surface area contributed by atoms with Gasteiger partial charge in [0.1, 0.15) is 18.1 Å². The quantitative estimate of drug-likeness (QED) is 0.595. The first-order valence-electron chi connectivity index (χ1n) is 8.98. The number of benzene rings is 2. The van der Waals surface area contributed by atoms with Crippen LogP contribution in [0.5, 0.6) is 5.75 Å². The summed E-state index contributed by atoms with van der Waals surface area (Å²) in [5.41, 5.74) is 1.06. The Hall–Kier alpha value is -3.46. The van der Waals surface area contributed by atoms with E-state index in [1.54, 1.807) is 36.7 Å². The lowest BCUT2D eigenvalue weighted by Gasteiger charge is -2.24. The smallest absolute Gasteiger partial charge is 0.264 e. The van der Waals surface area contributed by atoms with Gasteiger partial charge in [-0.25, -0.2) is 12.8 Å². The zero-order valence-electron chi connectivity index (χ0n) is 16.2. The summed E-state index contributed by atoms with van der Waals surface area (Å²) in [7, 11) is -2.62. The lowest BCUT2D eigenvalue weighted by molar-refractivity contribution is -0.119. The fourth-order valence-corrected chi connectivity index (χ4v) is 4.11. The van der Waals surface area contributed by atoms with Crippen LogP contribution >= 0.6 is 0 Å². The number of hydrogen-bond donors (Lipinski definition) is 1. The molecule has 0 spiro atoms. The van der Waals surface area contributed by atoms with Crippen molar-refractivity contribution in [1.82, 2.24) is 10.3 Å². The average Bonchev–Trinajstić information content (AvgIpc) is 2.77. The molecule has 0 aliphatic heterocycles. The van der Waals surface area contributed by atoms with E-state index in [0.29, 0.717) is 5.75 Å². The number of nitrogens with one attached hydrogen (secondary N) is 1. The molecule has 1 heterocycles. The summed E-state index contributed by atoms with van der Waals surface area (Å²) in [6, 6.07) is 14.2. The van der Waals surface area contributed by atoms with E-state index >= 15 is 0 Å². The van der Waals surface area contributed by atoms with Gasteiger partial charge >= 0.3 is 0 Å². The predicted octanol–water partition coefficient (Wildman–Crippen LogP) is 2.74. The number of methoxy groups -OCH3 is 1. The molecule has 0 fully saturated rings. The third-order valence-corrected chi connectivity index (χ3v) is 6.05. The van der Waals surface area contributed by atoms with Gasteiger partial charge in [-0.15, -0.1) is 0 Å². The summed E-state index contributed by atoms with van der Waals surface area (Å²) >= 11 is 0. The predicted molar refractivity (Wildman–Crippen MR) is 110 cm³/mol. The SMILES string of the molecule is COc1ccc(N(CC(=O)NCc2cccnc2)S(=O)(=O)c2ccc(F)cc2)cc1. The summed E-state index contributed by atoms with van der Waals surface area (Å²) in [5, 5.41) is 2.68. The van der Waals surface area contributed by atoms with Crippen LogP contribution in [0.25, 0.3) is 0 Å². The van der Waals surface area contributed by atoms with E-state index < -0.39 is 28.3 Å². The number of pyridine rings is 1. The maximum atomic E-state index is 13.3. The highest BCUT2D eigenvalue weighted by Crippen LogP contribution is 2.25. The van der Waals surface area contributed by atoms with Crippen LogP contribution < -0.4 is 14.4 Å². The molecule has 0 aliphatic rings. The monoisotopic (exact) mass is 429 g/mol. The number of ether oxygens (including phenoxy) is 1. The molecule has 0 bridgehead atoms. The largest absolute Gasteiger partial charge is 0.497 e. The Morgan fingerprint density at radius 1 is 1.10 bits per heavy atom. The molecule has 1 amide bonds. The first kappa shape index (κ1) is 21.3. The lowest BCUT2D eigenvalue weighted by atomic mass is 10.3. The Kier molecular flexibility index (Phi) is 6.63. The number of carbonyl (C=O) groups is 1. The summed E-state index contributed by atoms with van der Waals surface area (Å²) in [4.78, 5) is 16.4. The Labute approximate surface area is 174 Å². The van der Waals surface area contributed by atoms with Crippen molar-refractivity contribution >= 4 is 21.6 Å². The fourth-order valence-electron chi connectivity index (χ4n) is 2.69. The van der Waals surface area contributed by atoms with Crippen molar-refractivity contribution in [2.75, 3.05) is 18.0 Å². The molecule has 7 nitrogen and oxygen atoms in total. The minimum absolute atomic E-state index is 0.125. The van der Waals surface area contributed by atoms with Gasteiger partial charge in [0.15, 0.2) is 0 Å². The number of nitrogens with zero attached hydrogens (tertiary/aromatic N) is 2. The second kappa shape index (κ2) is 9.36. The second-order valence-electron chi connectivity index (χ2n) is 6.30. The van der Waals surface area contributed by atoms with Gasteiger partial charge in [-0.05, 0) is 60.2 Å². The first-order valence-corrected chi connectivity index (χ1v) is 10.4. The van der Waals surface area contributed by atoms with Gasteiger partial charge in [-0.1, -0.05) is 6.07 Å². The topological polar surface area (TPSA) is 88.6 Å². The van der Waals surface area contributed by atoms with Crippen molar-refractivity contribution in [3.8, 4) is 5.75 Å². The number of rotatable bonds is 8. The molecule has 1 aromatic heterocycles. The Morgan fingerprint density at radius 2 is 1.80 bits per heavy atom. The summed E-state index contributed by atoms with van der Waals surface area (Å²) in [6.07, 6.45) is 3.22. The van der Waals surface area contributed by atoms with Crippen molar-refractivity contribution in [3.63, 3.8) is 0 Å². The molecule has 9 heteroatoms. The number of hydrogen-bond acceptors (Lipinski definition) is 5. The zero-order valence-corrected chi connectivity index (χ0v) is 17.0. The van der Waals surface area contributed by atoms with Gasteiger partial charge in [-0.3, -0.25) is 14.1 Å². The van der Waals surface area contributed by atoms with Crippen LogP contribution in [-0.4, -0.2) is 33.0 Å². The maximum absolute atomic E-state index is 13.3. The van der Waals surface area contributed by atoms with E-state index in [-0.39, 0.29) is 17.1 Å². The Bertz CT molecular complexity index is 1090. The van der Waals surface area contributed by atoms with Crippen molar-refractivity contribution in [2.24, 2.45) is 0 Å². The van der Waals surface area contributed by atoms with E-state index in [1.165, 1.54) is 19.2 Å². The third kappa shape index (κ3) is 5.12. The highest BCUT2D eigenvalue weighted by molar-refractivity contribution is 7.92. The molecule has 30 heavy (non-hydrogen) atoms. The highest BCUT2D eigenvalue weighted by atomic mass is 32.2. The molecule has 1 N–H and O–H groups in total. The number of halogens is 1. The molecule has 0 unspecified atom stereocenters. The molecule has 0 atom stereocenters. The molecule has 2 aromatic carbocycles. The summed E-state index contributed by atoms with van der Waals surface area (Å²) < 4.78 is 45.7. The lowest BCUT2D eigenvalue weighted by Crippen LogP contribution is -2.40. The number of sulfonamides is 1. The van der Waals surface area contributed by atoms with E-state index in [4.69, 9.17) is 4.74 Å². The number of carbonyl (C=O) groups excluding carboxylic acids is 1. The van der Waals surface area contributed by atoms with Crippen LogP contribution in [0.4, 0.5) is 10.1 Å². The van der Waals surface area contributed by atoms with Crippen LogP contribution in [-0.2, 0) is 21.4 Å². The van der Waals surface area contributed by atoms with Crippen LogP contribution in [0.1, 0.15) is 5.56 Å². The second-order valence-corrected chi connectivity index (χ2v) is 8.16. The van der Waals surface area contributed by atoms with Gasteiger partial charge in [0.2, 0.25) is 5.91 Å². The fraction of sp³-hybridized carbons (Fsp3) is 0.143. The summed E-state index contributed by atoms with van der Waals surface area (Å²) in [6.45, 7) is -0.244. The standard InChI is InChI=1S/C21H20FN3O4S/c1-29-19-8-6-18(7-9-19)25(30(27,28)20-10-4-17(22)5-11-20)15-21(26)24-14-16-3-2-12-23-13-16/h2-13H,14-15H2,1H3,(H,24,26). The molecule has 0 radical (unpaired) electrons. The molecule has 3 rings (SSSR count). The van der Waals surface area contributed by atoms with E-state index in [0.717, 1.165) is 34.1 Å². The molecule has 3 aromatic rings. The normalized spacial score (nSPS) is 11.0. The minimum Gasteiger partial charge on any atom is -0.497 e. The molecular weight excluding hydrogens is 409 g/mol. The molecule has 0 saturated heterocycles. The first-order chi connectivity index (χ1) is 14.4. The number of aromatic nitrogens is 1. The van der Waals surface area contributed by atoms with Gasteiger partial charge in [-0.2, -0.15) is 0 Å². The van der Waals surface area contributed by atoms with E-state index in [2.05, 4.69) is 10.3 Å². The zero-order chi connectivity index (χ0) is 21.6. The summed E-state index contributed by atoms with van der Waals surface area (Å²) in [5.74, 6) is -0.515. The minimum atomic E-state index is -4.12. The van der Waals surface area contributed by atoms with Gasteiger partial charge in [0, 0.05) is 18.9 Å². The molecular formula is C21H20FN3O4S. The average molecular weight is 429 g/mol. The van der Waals surface area contributed by atoms with Crippen LogP contribution in [0.2, 0.25) is 0 Å². The number of anilines is 1. The number of amides is 1. The van der Waals surface area contributed by atoms with Gasteiger partial charge in [0.05, 0.1) is 17.7 Å². The third-order valence-electron chi connectivity index (χ3n) is 4.26. The van der Waals surface area contributed by atoms with Crippen molar-refractivity contribution < 1.29 is 22.3 Å². The van der Waals surface area contributed by atoms with Gasteiger partial charge < -0.3 is 10.1 Å². The van der Waals surface area contributed by atoms with Crippen molar-refractivity contribution in [3.05, 3.63) is 84.4 Å². The Balaban J connectivity index is 1.86. The van der Waals surface area contributed by atoms with Crippen LogP contribution in [0.3, 0.4) is 0 Å². The van der Waals surface area contributed by atoms with Crippen LogP contribution in [0, 0.1) is 5.82 Å². The molecule has 156 valence electrons. The maximum Gasteiger partial charge on any atom is 0.264 e. The van der Waals surface area contributed by atoms with Gasteiger partial charge in [0.25, 0.3) is 10.0 Å². The van der Waals surface area contributed by atoms with Crippen LogP contribution in [0.15, 0.2) is 78.0 Å². The van der Waals surface area contributed by atoms with E-state index in [1.807, 2.05) is 0 Å².